The van der Waals surface area contributed by atoms with Crippen LogP contribution in [0, 0.1) is 0 Å². The minimum Gasteiger partial charge on any atom is -0.497 e. The number of benzene rings is 1. The second-order valence-electron chi connectivity index (χ2n) is 4.96. The highest BCUT2D eigenvalue weighted by Crippen LogP contribution is 2.26. The lowest BCUT2D eigenvalue weighted by Gasteiger charge is -2.19. The molecule has 0 aliphatic carbocycles. The number of anilines is 2. The van der Waals surface area contributed by atoms with E-state index in [4.69, 9.17) is 10.5 Å². The maximum Gasteiger partial charge on any atom is 0.222 e. The van der Waals surface area contributed by atoms with E-state index < -0.39 is 0 Å². The average Bonchev–Trinajstić information content (AvgIpc) is 2.47. The number of aromatic nitrogens is 2. The first-order valence-corrected chi connectivity index (χ1v) is 7.16. The molecule has 0 fully saturated rings. The Morgan fingerprint density at radius 3 is 2.81 bits per heavy atom. The smallest absolute Gasteiger partial charge is 0.222 e. The highest BCUT2D eigenvalue weighted by molar-refractivity contribution is 5.91. The van der Waals surface area contributed by atoms with Crippen molar-refractivity contribution in [1.29, 1.82) is 0 Å². The Kier molecular flexibility index (Phi) is 5.16. The Labute approximate surface area is 124 Å². The van der Waals surface area contributed by atoms with Gasteiger partial charge in [0, 0.05) is 18.0 Å². The van der Waals surface area contributed by atoms with Crippen LogP contribution in [0.5, 0.6) is 5.75 Å². The third kappa shape index (κ3) is 3.72. The molecule has 6 heteroatoms. The third-order valence-corrected chi connectivity index (χ3v) is 3.38. The van der Waals surface area contributed by atoms with E-state index in [0.29, 0.717) is 12.2 Å². The molecule has 1 aromatic heterocycles. The average molecular weight is 290 g/mol. The number of ether oxygens (including phenoxy) is 1. The largest absolute Gasteiger partial charge is 0.497 e. The topological polar surface area (TPSA) is 93.3 Å². The molecule has 4 N–H and O–H groups in total. The summed E-state index contributed by atoms with van der Waals surface area (Å²) in [6.45, 7) is 2.25. The lowest BCUT2D eigenvalue weighted by molar-refractivity contribution is 0.276. The number of nitrogens with two attached hydrogens (primary N) is 1. The Hall–Kier alpha value is -2.08. The molecule has 1 heterocycles. The molecular formula is C15H22N4O2. The van der Waals surface area contributed by atoms with Gasteiger partial charge in [-0.2, -0.15) is 4.98 Å². The molecule has 2 aromatic rings. The fourth-order valence-corrected chi connectivity index (χ4v) is 2.35. The number of fused-ring (bicyclic) bond motifs is 1. The number of methoxy groups -OCH3 is 1. The van der Waals surface area contributed by atoms with Crippen molar-refractivity contribution in [3.8, 4) is 5.75 Å². The van der Waals surface area contributed by atoms with Crippen molar-refractivity contribution in [2.75, 3.05) is 24.8 Å². The van der Waals surface area contributed by atoms with Crippen molar-refractivity contribution in [3.63, 3.8) is 0 Å². The summed E-state index contributed by atoms with van der Waals surface area (Å²) in [5, 5.41) is 13.4. The molecule has 114 valence electrons. The second-order valence-corrected chi connectivity index (χ2v) is 4.96. The van der Waals surface area contributed by atoms with Gasteiger partial charge in [0.15, 0.2) is 0 Å². The summed E-state index contributed by atoms with van der Waals surface area (Å²) in [7, 11) is 1.62. The normalized spacial score (nSPS) is 12.3. The highest BCUT2D eigenvalue weighted by Gasteiger charge is 2.12. The molecule has 1 aromatic carbocycles. The van der Waals surface area contributed by atoms with Gasteiger partial charge in [0.1, 0.15) is 11.6 Å². The van der Waals surface area contributed by atoms with E-state index in [1.54, 1.807) is 7.11 Å². The Morgan fingerprint density at radius 1 is 1.33 bits per heavy atom. The molecule has 1 unspecified atom stereocenters. The number of hydrogen-bond donors (Lipinski definition) is 3. The van der Waals surface area contributed by atoms with Gasteiger partial charge >= 0.3 is 0 Å². The molecule has 6 nitrogen and oxygen atoms in total. The van der Waals surface area contributed by atoms with E-state index in [9.17, 15) is 5.11 Å². The van der Waals surface area contributed by atoms with Gasteiger partial charge in [-0.15, -0.1) is 0 Å². The van der Waals surface area contributed by atoms with Crippen LogP contribution in [0.3, 0.4) is 0 Å². The molecule has 21 heavy (non-hydrogen) atoms. The standard InChI is InChI=1S/C15H22N4O2/c1-3-4-10(7-8-20)17-14-12-9-11(21-2)5-6-13(12)18-15(16)19-14/h5-6,9-10,20H,3-4,7-8H2,1-2H3,(H3,16,17,18,19). The van der Waals surface area contributed by atoms with Gasteiger partial charge in [-0.25, -0.2) is 4.98 Å². The van der Waals surface area contributed by atoms with Crippen molar-refractivity contribution in [1.82, 2.24) is 9.97 Å². The van der Waals surface area contributed by atoms with E-state index in [1.165, 1.54) is 0 Å². The summed E-state index contributed by atoms with van der Waals surface area (Å²) in [5.74, 6) is 1.66. The molecule has 0 amide bonds. The fourth-order valence-electron chi connectivity index (χ4n) is 2.35. The van der Waals surface area contributed by atoms with Gasteiger partial charge < -0.3 is 20.9 Å². The SMILES string of the molecule is CCCC(CCO)Nc1nc(N)nc2ccc(OC)cc12. The zero-order valence-corrected chi connectivity index (χ0v) is 12.5. The molecule has 0 saturated carbocycles. The summed E-state index contributed by atoms with van der Waals surface area (Å²) in [5.41, 5.74) is 6.54. The first kappa shape index (κ1) is 15.3. The van der Waals surface area contributed by atoms with Crippen LogP contribution in [0.2, 0.25) is 0 Å². The second kappa shape index (κ2) is 7.08. The maximum absolute atomic E-state index is 9.17. The molecule has 0 bridgehead atoms. The Morgan fingerprint density at radius 2 is 2.14 bits per heavy atom. The van der Waals surface area contributed by atoms with Gasteiger partial charge in [0.25, 0.3) is 0 Å². The predicted octanol–water partition coefficient (Wildman–Crippen LogP) is 2.18. The molecule has 0 aliphatic heterocycles. The fraction of sp³-hybridized carbons (Fsp3) is 0.467. The maximum atomic E-state index is 9.17. The minimum atomic E-state index is 0.138. The summed E-state index contributed by atoms with van der Waals surface area (Å²) in [6, 6.07) is 5.75. The lowest BCUT2D eigenvalue weighted by Crippen LogP contribution is -2.22. The molecular weight excluding hydrogens is 268 g/mol. The Balaban J connectivity index is 2.40. The Bertz CT molecular complexity index is 597. The van der Waals surface area contributed by atoms with Crippen molar-refractivity contribution in [2.24, 2.45) is 0 Å². The number of aliphatic hydroxyl groups excluding tert-OH is 1. The summed E-state index contributed by atoms with van der Waals surface area (Å²) < 4.78 is 5.25. The quantitative estimate of drug-likeness (QED) is 0.723. The summed E-state index contributed by atoms with van der Waals surface area (Å²) in [6.07, 6.45) is 2.65. The number of nitrogens with one attached hydrogen (secondary N) is 1. The van der Waals surface area contributed by atoms with Crippen LogP contribution >= 0.6 is 0 Å². The number of nitrogen functional groups attached to an aromatic ring is 1. The summed E-state index contributed by atoms with van der Waals surface area (Å²) >= 11 is 0. The van der Waals surface area contributed by atoms with E-state index in [2.05, 4.69) is 22.2 Å². The highest BCUT2D eigenvalue weighted by atomic mass is 16.5. The van der Waals surface area contributed by atoms with Gasteiger partial charge in [-0.05, 0) is 31.0 Å². The summed E-state index contributed by atoms with van der Waals surface area (Å²) in [4.78, 5) is 8.53. The number of aliphatic hydroxyl groups is 1. The lowest BCUT2D eigenvalue weighted by atomic mass is 10.1. The zero-order chi connectivity index (χ0) is 15.2. The molecule has 2 rings (SSSR count). The van der Waals surface area contributed by atoms with Gasteiger partial charge in [-0.1, -0.05) is 13.3 Å². The molecule has 0 radical (unpaired) electrons. The first-order chi connectivity index (χ1) is 10.2. The van der Waals surface area contributed by atoms with Crippen LogP contribution in [-0.2, 0) is 0 Å². The van der Waals surface area contributed by atoms with Crippen molar-refractivity contribution in [2.45, 2.75) is 32.2 Å². The van der Waals surface area contributed by atoms with E-state index in [0.717, 1.165) is 29.5 Å². The van der Waals surface area contributed by atoms with Crippen LogP contribution in [0.25, 0.3) is 10.9 Å². The van der Waals surface area contributed by atoms with Crippen LogP contribution < -0.4 is 15.8 Å². The molecule has 0 aliphatic rings. The number of hydrogen-bond acceptors (Lipinski definition) is 6. The zero-order valence-electron chi connectivity index (χ0n) is 12.5. The number of rotatable bonds is 7. The first-order valence-electron chi connectivity index (χ1n) is 7.16. The van der Waals surface area contributed by atoms with E-state index in [-0.39, 0.29) is 18.6 Å². The number of nitrogens with zero attached hydrogens (tertiary/aromatic N) is 2. The van der Waals surface area contributed by atoms with Crippen LogP contribution in [0.15, 0.2) is 18.2 Å². The monoisotopic (exact) mass is 290 g/mol. The van der Waals surface area contributed by atoms with E-state index >= 15 is 0 Å². The van der Waals surface area contributed by atoms with Gasteiger partial charge in [-0.3, -0.25) is 0 Å². The van der Waals surface area contributed by atoms with Gasteiger partial charge in [0.2, 0.25) is 5.95 Å². The molecule has 0 spiro atoms. The van der Waals surface area contributed by atoms with Crippen LogP contribution in [0.4, 0.5) is 11.8 Å². The molecule has 0 saturated heterocycles. The van der Waals surface area contributed by atoms with Crippen molar-refractivity contribution < 1.29 is 9.84 Å². The van der Waals surface area contributed by atoms with Crippen LogP contribution in [-0.4, -0.2) is 34.8 Å². The van der Waals surface area contributed by atoms with Crippen LogP contribution in [0.1, 0.15) is 26.2 Å². The van der Waals surface area contributed by atoms with E-state index in [1.807, 2.05) is 18.2 Å². The van der Waals surface area contributed by atoms with Crippen molar-refractivity contribution >= 4 is 22.7 Å². The molecule has 1 atom stereocenters. The van der Waals surface area contributed by atoms with Crippen molar-refractivity contribution in [3.05, 3.63) is 18.2 Å². The van der Waals surface area contributed by atoms with Gasteiger partial charge in [0.05, 0.1) is 12.6 Å². The predicted molar refractivity (Wildman–Crippen MR) is 84.5 cm³/mol. The minimum absolute atomic E-state index is 0.138. The third-order valence-electron chi connectivity index (χ3n) is 3.38.